The summed E-state index contributed by atoms with van der Waals surface area (Å²) in [6.45, 7) is 6.03. The normalized spacial score (nSPS) is 14.4. The Labute approximate surface area is 183 Å². The molecule has 0 aromatic heterocycles. The van der Waals surface area contributed by atoms with Gasteiger partial charge in [-0.25, -0.2) is 4.39 Å². The van der Waals surface area contributed by atoms with E-state index < -0.39 is 0 Å². The van der Waals surface area contributed by atoms with Crippen LogP contribution in [-0.2, 0) is 17.8 Å². The zero-order valence-corrected chi connectivity index (χ0v) is 18.7. The molecule has 28 heavy (non-hydrogen) atoms. The van der Waals surface area contributed by atoms with Crippen LogP contribution < -0.4 is 15.5 Å². The lowest BCUT2D eigenvalue weighted by molar-refractivity contribution is 0.122. The van der Waals surface area contributed by atoms with Crippen LogP contribution in [0.3, 0.4) is 0 Å². The topological polar surface area (TPSA) is 48.9 Å². The van der Waals surface area contributed by atoms with E-state index in [2.05, 4.69) is 34.7 Å². The molecule has 152 valence electrons. The van der Waals surface area contributed by atoms with Crippen molar-refractivity contribution in [3.8, 4) is 0 Å². The first kappa shape index (κ1) is 22.4. The molecule has 1 aliphatic heterocycles. The van der Waals surface area contributed by atoms with Gasteiger partial charge in [0.15, 0.2) is 5.96 Å². The molecule has 0 spiro atoms. The van der Waals surface area contributed by atoms with Gasteiger partial charge in [0.05, 0.1) is 18.9 Å². The summed E-state index contributed by atoms with van der Waals surface area (Å²) in [6.07, 6.45) is 0. The first-order valence-electron chi connectivity index (χ1n) is 9.27. The molecule has 0 radical (unpaired) electrons. The van der Waals surface area contributed by atoms with Crippen LogP contribution in [0.5, 0.6) is 0 Å². The molecule has 0 saturated carbocycles. The highest BCUT2D eigenvalue weighted by Crippen LogP contribution is 2.21. The van der Waals surface area contributed by atoms with Crippen LogP contribution in [0.2, 0.25) is 0 Å². The lowest BCUT2D eigenvalue weighted by Crippen LogP contribution is -2.37. The van der Waals surface area contributed by atoms with Crippen molar-refractivity contribution in [1.82, 2.24) is 10.6 Å². The van der Waals surface area contributed by atoms with E-state index in [9.17, 15) is 4.39 Å². The van der Waals surface area contributed by atoms with Gasteiger partial charge in [-0.15, -0.1) is 24.0 Å². The maximum atomic E-state index is 14.5. The summed E-state index contributed by atoms with van der Waals surface area (Å²) in [4.78, 5) is 6.27. The molecule has 5 nitrogen and oxygen atoms in total. The largest absolute Gasteiger partial charge is 0.378 e. The minimum absolute atomic E-state index is 0. The van der Waals surface area contributed by atoms with E-state index in [1.54, 1.807) is 13.1 Å². The number of nitrogens with zero attached hydrogens (tertiary/aromatic N) is 2. The lowest BCUT2D eigenvalue weighted by atomic mass is 10.1. The van der Waals surface area contributed by atoms with Crippen LogP contribution in [0.15, 0.2) is 47.5 Å². The van der Waals surface area contributed by atoms with Gasteiger partial charge in [-0.1, -0.05) is 30.3 Å². The number of benzene rings is 2. The fraction of sp³-hybridized carbons (Fsp3) is 0.381. The van der Waals surface area contributed by atoms with E-state index in [0.29, 0.717) is 38.0 Å². The molecule has 1 saturated heterocycles. The third-order valence-electron chi connectivity index (χ3n) is 4.75. The Balaban J connectivity index is 0.00000280. The number of aliphatic imine (C=N–C) groups is 1. The molecule has 2 aromatic rings. The SMILES string of the molecule is CN=C(NCc1ccc(N2CCOCC2)c(F)c1)NCc1ccccc1C.I. The number of hydrogen-bond acceptors (Lipinski definition) is 3. The van der Waals surface area contributed by atoms with Gasteiger partial charge in [-0.2, -0.15) is 0 Å². The molecule has 1 aliphatic rings. The van der Waals surface area contributed by atoms with Crippen molar-refractivity contribution in [3.63, 3.8) is 0 Å². The van der Waals surface area contributed by atoms with Crippen LogP contribution >= 0.6 is 24.0 Å². The van der Waals surface area contributed by atoms with E-state index in [0.717, 1.165) is 18.7 Å². The standard InChI is InChI=1S/C21H27FN4O.HI/c1-16-5-3-4-6-18(16)15-25-21(23-2)24-14-17-7-8-20(19(22)13-17)26-9-11-27-12-10-26;/h3-8,13H,9-12,14-15H2,1-2H3,(H2,23,24,25);1H. The van der Waals surface area contributed by atoms with Gasteiger partial charge < -0.3 is 20.3 Å². The molecular formula is C21H28FIN4O. The van der Waals surface area contributed by atoms with Crippen molar-refractivity contribution in [3.05, 3.63) is 65.0 Å². The second kappa shape index (κ2) is 11.2. The van der Waals surface area contributed by atoms with Crippen molar-refractivity contribution in [2.45, 2.75) is 20.0 Å². The predicted molar refractivity (Wildman–Crippen MR) is 123 cm³/mol. The number of anilines is 1. The Morgan fingerprint density at radius 2 is 1.82 bits per heavy atom. The molecule has 2 aromatic carbocycles. The third-order valence-corrected chi connectivity index (χ3v) is 4.75. The summed E-state index contributed by atoms with van der Waals surface area (Å²) in [7, 11) is 1.73. The number of guanidine groups is 1. The number of nitrogens with one attached hydrogen (secondary N) is 2. The van der Waals surface area contributed by atoms with Crippen molar-refractivity contribution in [2.24, 2.45) is 4.99 Å². The summed E-state index contributed by atoms with van der Waals surface area (Å²) in [5, 5.41) is 6.54. The number of morpholine rings is 1. The second-order valence-corrected chi connectivity index (χ2v) is 6.59. The molecule has 2 N–H and O–H groups in total. The van der Waals surface area contributed by atoms with E-state index in [1.807, 2.05) is 29.2 Å². The maximum absolute atomic E-state index is 14.5. The number of ether oxygens (including phenoxy) is 1. The maximum Gasteiger partial charge on any atom is 0.191 e. The molecule has 0 amide bonds. The Morgan fingerprint density at radius 1 is 1.11 bits per heavy atom. The average Bonchev–Trinajstić information content (AvgIpc) is 2.70. The van der Waals surface area contributed by atoms with Crippen LogP contribution in [0, 0.1) is 12.7 Å². The molecule has 0 atom stereocenters. The number of halogens is 2. The minimum Gasteiger partial charge on any atom is -0.378 e. The Kier molecular flexibility index (Phi) is 8.98. The zero-order chi connectivity index (χ0) is 19.1. The molecule has 7 heteroatoms. The van der Waals surface area contributed by atoms with Crippen LogP contribution in [0.1, 0.15) is 16.7 Å². The van der Waals surface area contributed by atoms with Crippen LogP contribution in [-0.4, -0.2) is 39.3 Å². The van der Waals surface area contributed by atoms with Crippen molar-refractivity contribution < 1.29 is 9.13 Å². The van der Waals surface area contributed by atoms with E-state index in [-0.39, 0.29) is 29.8 Å². The number of hydrogen-bond donors (Lipinski definition) is 2. The lowest BCUT2D eigenvalue weighted by Gasteiger charge is -2.29. The van der Waals surface area contributed by atoms with Crippen molar-refractivity contribution in [1.29, 1.82) is 0 Å². The van der Waals surface area contributed by atoms with Crippen molar-refractivity contribution in [2.75, 3.05) is 38.3 Å². The van der Waals surface area contributed by atoms with Crippen LogP contribution in [0.4, 0.5) is 10.1 Å². The quantitative estimate of drug-likeness (QED) is 0.377. The molecular weight excluding hydrogens is 470 g/mol. The summed E-state index contributed by atoms with van der Waals surface area (Å²) >= 11 is 0. The predicted octanol–water partition coefficient (Wildman–Crippen LogP) is 3.45. The van der Waals surface area contributed by atoms with Gasteiger partial charge in [0, 0.05) is 33.2 Å². The van der Waals surface area contributed by atoms with E-state index in [4.69, 9.17) is 4.74 Å². The average molecular weight is 498 g/mol. The van der Waals surface area contributed by atoms with E-state index >= 15 is 0 Å². The second-order valence-electron chi connectivity index (χ2n) is 6.59. The fourth-order valence-electron chi connectivity index (χ4n) is 3.11. The Bertz CT molecular complexity index is 794. The van der Waals surface area contributed by atoms with Crippen molar-refractivity contribution >= 4 is 35.6 Å². The first-order chi connectivity index (χ1) is 13.2. The number of aryl methyl sites for hydroxylation is 1. The molecule has 0 unspecified atom stereocenters. The highest BCUT2D eigenvalue weighted by Gasteiger charge is 2.15. The molecule has 1 fully saturated rings. The molecule has 0 aliphatic carbocycles. The van der Waals surface area contributed by atoms with Crippen LogP contribution in [0.25, 0.3) is 0 Å². The zero-order valence-electron chi connectivity index (χ0n) is 16.4. The van der Waals surface area contributed by atoms with Gasteiger partial charge in [0.2, 0.25) is 0 Å². The fourth-order valence-corrected chi connectivity index (χ4v) is 3.11. The third kappa shape index (κ3) is 6.07. The van der Waals surface area contributed by atoms with Gasteiger partial charge in [-0.05, 0) is 35.7 Å². The first-order valence-corrected chi connectivity index (χ1v) is 9.27. The monoisotopic (exact) mass is 498 g/mol. The highest BCUT2D eigenvalue weighted by molar-refractivity contribution is 14.0. The Morgan fingerprint density at radius 3 is 2.50 bits per heavy atom. The summed E-state index contributed by atoms with van der Waals surface area (Å²) < 4.78 is 19.8. The van der Waals surface area contributed by atoms with Gasteiger partial charge >= 0.3 is 0 Å². The number of rotatable bonds is 5. The van der Waals surface area contributed by atoms with Gasteiger partial charge in [-0.3, -0.25) is 4.99 Å². The summed E-state index contributed by atoms with van der Waals surface area (Å²) in [5.74, 6) is 0.495. The molecule has 1 heterocycles. The molecule has 3 rings (SSSR count). The van der Waals surface area contributed by atoms with E-state index in [1.165, 1.54) is 11.1 Å². The molecule has 0 bridgehead atoms. The summed E-state index contributed by atoms with van der Waals surface area (Å²) in [6, 6.07) is 13.6. The van der Waals surface area contributed by atoms with Gasteiger partial charge in [0.25, 0.3) is 0 Å². The summed E-state index contributed by atoms with van der Waals surface area (Å²) in [5.41, 5.74) is 3.98. The Hall–Kier alpha value is -1.87. The minimum atomic E-state index is -0.195. The van der Waals surface area contributed by atoms with Gasteiger partial charge in [0.1, 0.15) is 5.82 Å². The smallest absolute Gasteiger partial charge is 0.191 e. The highest BCUT2D eigenvalue weighted by atomic mass is 127.